The molecule has 0 radical (unpaired) electrons. The van der Waals surface area contributed by atoms with Crippen LogP contribution >= 0.6 is 23.5 Å². The molecule has 2 unspecified atom stereocenters. The fourth-order valence-electron chi connectivity index (χ4n) is 3.96. The van der Waals surface area contributed by atoms with Gasteiger partial charge in [0.2, 0.25) is 11.8 Å². The van der Waals surface area contributed by atoms with Crippen molar-refractivity contribution < 1.29 is 65.9 Å². The summed E-state index contributed by atoms with van der Waals surface area (Å²) in [5, 5.41) is 22.1. The van der Waals surface area contributed by atoms with Gasteiger partial charge in [-0.2, -0.15) is 18.6 Å². The van der Waals surface area contributed by atoms with Crippen molar-refractivity contribution in [2.24, 2.45) is 5.73 Å². The van der Waals surface area contributed by atoms with Crippen LogP contribution in [0.3, 0.4) is 0 Å². The zero-order valence-corrected chi connectivity index (χ0v) is 25.1. The number of nitrogen functional groups attached to an aromatic ring is 1. The van der Waals surface area contributed by atoms with E-state index in [-0.39, 0.29) is 53.8 Å². The van der Waals surface area contributed by atoms with E-state index in [1.54, 1.807) is 6.07 Å². The Hall–Kier alpha value is -3.38. The van der Waals surface area contributed by atoms with Gasteiger partial charge in [0, 0.05) is 18.1 Å². The van der Waals surface area contributed by atoms with Crippen LogP contribution in [0.5, 0.6) is 5.88 Å². The number of aliphatic hydroxyl groups excluding tert-OH is 1. The second-order valence-electron chi connectivity index (χ2n) is 8.93. The van der Waals surface area contributed by atoms with E-state index in [0.29, 0.717) is 5.56 Å². The second-order valence-corrected chi connectivity index (χ2v) is 13.3. The highest BCUT2D eigenvalue weighted by Crippen LogP contribution is 2.66. The number of nitrogens with two attached hydrogens (primary N) is 2. The van der Waals surface area contributed by atoms with Crippen molar-refractivity contribution in [3.8, 4) is 17.7 Å². The molecule has 1 fully saturated rings. The van der Waals surface area contributed by atoms with Gasteiger partial charge in [0.15, 0.2) is 11.2 Å². The van der Waals surface area contributed by atoms with Gasteiger partial charge in [0.25, 0.3) is 5.69 Å². The summed E-state index contributed by atoms with van der Waals surface area (Å²) in [5.41, 5.74) is 11.6. The number of ether oxygens (including phenoxy) is 2. The van der Waals surface area contributed by atoms with Crippen molar-refractivity contribution in [3.05, 3.63) is 45.8 Å². The van der Waals surface area contributed by atoms with Gasteiger partial charge in [-0.3, -0.25) is 19.2 Å². The Morgan fingerprint density at radius 1 is 1.16 bits per heavy atom. The molecule has 5 atom stereocenters. The minimum absolute atomic E-state index is 0.0603. The summed E-state index contributed by atoms with van der Waals surface area (Å²) >= 11 is 0. The third kappa shape index (κ3) is 9.09. The SMILES string of the molecule is NCC#Cc1ccc(COc2nc(N)nc3c2ncn3[C@H]2C[C@@H](O)[C@@H](COP(=O)(O)OP(=O)(O)OP(=O)(O)O)O2)c([N+](=O)[O-])c1. The third-order valence-corrected chi connectivity index (χ3v) is 9.52. The Labute approximate surface area is 251 Å². The number of anilines is 1. The number of aliphatic hydroxyl groups is 1. The highest BCUT2D eigenvalue weighted by molar-refractivity contribution is 7.66. The Morgan fingerprint density at radius 3 is 2.56 bits per heavy atom. The van der Waals surface area contributed by atoms with Crippen molar-refractivity contribution >= 4 is 46.3 Å². The Balaban J connectivity index is 1.47. The van der Waals surface area contributed by atoms with Gasteiger partial charge in [0.1, 0.15) is 18.9 Å². The van der Waals surface area contributed by atoms with Crippen molar-refractivity contribution in [2.45, 2.75) is 31.5 Å². The average molecular weight is 695 g/mol. The van der Waals surface area contributed by atoms with E-state index in [1.165, 1.54) is 23.0 Å². The molecule has 45 heavy (non-hydrogen) atoms. The number of nitro benzene ring substituents is 1. The van der Waals surface area contributed by atoms with Crippen LogP contribution in [-0.4, -0.2) is 74.5 Å². The molecular weight excluding hydrogens is 671 g/mol. The molecule has 1 aliphatic heterocycles. The molecule has 0 saturated carbocycles. The summed E-state index contributed by atoms with van der Waals surface area (Å²) in [5.74, 6) is 4.90. The molecule has 2 aromatic heterocycles. The van der Waals surface area contributed by atoms with Gasteiger partial charge in [-0.25, -0.2) is 18.7 Å². The number of phosphoric ester groups is 1. The number of imidazole rings is 1. The molecule has 1 saturated heterocycles. The van der Waals surface area contributed by atoms with Crippen LogP contribution in [0.25, 0.3) is 11.2 Å². The van der Waals surface area contributed by atoms with Crippen molar-refractivity contribution in [1.29, 1.82) is 0 Å². The first-order valence-corrected chi connectivity index (χ1v) is 16.7. The first-order chi connectivity index (χ1) is 21.0. The molecule has 3 heterocycles. The van der Waals surface area contributed by atoms with Gasteiger partial charge in [-0.1, -0.05) is 11.8 Å². The molecular formula is C20H24N7O15P3. The largest absolute Gasteiger partial charge is 0.490 e. The number of hydrogen-bond acceptors (Lipinski definition) is 16. The van der Waals surface area contributed by atoms with Crippen LogP contribution in [0.1, 0.15) is 23.8 Å². The Morgan fingerprint density at radius 2 is 1.89 bits per heavy atom. The lowest BCUT2D eigenvalue weighted by molar-refractivity contribution is -0.385. The summed E-state index contributed by atoms with van der Waals surface area (Å²) in [4.78, 5) is 59.5. The number of benzene rings is 1. The van der Waals surface area contributed by atoms with Crippen molar-refractivity contribution in [1.82, 2.24) is 19.5 Å². The van der Waals surface area contributed by atoms with Crippen LogP contribution < -0.4 is 16.2 Å². The molecule has 0 aliphatic carbocycles. The quantitative estimate of drug-likeness (QED) is 0.0575. The van der Waals surface area contributed by atoms with Crippen LogP contribution in [0, 0.1) is 22.0 Å². The molecule has 22 nitrogen and oxygen atoms in total. The predicted molar refractivity (Wildman–Crippen MR) is 147 cm³/mol. The topological polar surface area (TPSA) is 337 Å². The van der Waals surface area contributed by atoms with Crippen LogP contribution in [0.2, 0.25) is 0 Å². The molecule has 1 aliphatic rings. The van der Waals surface area contributed by atoms with E-state index < -0.39 is 53.4 Å². The van der Waals surface area contributed by atoms with E-state index in [9.17, 15) is 38.7 Å². The first kappa shape index (κ1) is 34.5. The van der Waals surface area contributed by atoms with Crippen molar-refractivity contribution in [2.75, 3.05) is 18.9 Å². The van der Waals surface area contributed by atoms with Gasteiger partial charge in [0.05, 0.1) is 36.1 Å². The lowest BCUT2D eigenvalue weighted by atomic mass is 10.1. The molecule has 0 bridgehead atoms. The summed E-state index contributed by atoms with van der Waals surface area (Å²) in [6, 6.07) is 4.27. The first-order valence-electron chi connectivity index (χ1n) is 12.2. The normalized spacial score (nSPS) is 21.1. The van der Waals surface area contributed by atoms with E-state index in [1.807, 2.05) is 0 Å². The van der Waals surface area contributed by atoms with Gasteiger partial charge >= 0.3 is 23.5 Å². The van der Waals surface area contributed by atoms with Crippen molar-refractivity contribution in [3.63, 3.8) is 0 Å². The van der Waals surface area contributed by atoms with Gasteiger partial charge in [-0.15, -0.1) is 0 Å². The molecule has 244 valence electrons. The third-order valence-electron chi connectivity index (χ3n) is 5.72. The van der Waals surface area contributed by atoms with E-state index in [4.69, 9.17) is 30.7 Å². The minimum Gasteiger partial charge on any atom is -0.471 e. The maximum absolute atomic E-state index is 12.0. The summed E-state index contributed by atoms with van der Waals surface area (Å²) in [7, 11) is -16.8. The number of nitrogens with zero attached hydrogens (tertiary/aromatic N) is 5. The zero-order chi connectivity index (χ0) is 33.2. The summed E-state index contributed by atoms with van der Waals surface area (Å²) < 4.78 is 58.8. The number of hydrogen-bond donors (Lipinski definition) is 7. The predicted octanol–water partition coefficient (Wildman–Crippen LogP) is 0.198. The minimum atomic E-state index is -5.74. The summed E-state index contributed by atoms with van der Waals surface area (Å²) in [6.45, 7) is -1.14. The Kier molecular flexibility index (Phi) is 10.4. The highest BCUT2D eigenvalue weighted by Gasteiger charge is 2.43. The molecule has 0 spiro atoms. The molecule has 9 N–H and O–H groups in total. The molecule has 4 rings (SSSR count). The molecule has 3 aromatic rings. The van der Waals surface area contributed by atoms with Crippen LogP contribution in [-0.2, 0) is 38.2 Å². The highest BCUT2D eigenvalue weighted by atomic mass is 31.3. The van der Waals surface area contributed by atoms with E-state index in [0.717, 1.165) is 0 Å². The van der Waals surface area contributed by atoms with Gasteiger partial charge < -0.3 is 45.6 Å². The number of aromatic nitrogens is 4. The van der Waals surface area contributed by atoms with Gasteiger partial charge in [-0.05, 0) is 12.1 Å². The smallest absolute Gasteiger partial charge is 0.471 e. The number of rotatable bonds is 12. The average Bonchev–Trinajstić information content (AvgIpc) is 3.50. The standard InChI is InChI=1S/C20H24N7O15P3/c21-5-1-2-11-3-4-12(13(6-11)27(29)30)8-38-19-17-18(24-20(22)25-19)26(10-23-17)16-7-14(28)15(40-16)9-39-44(34,35)42-45(36,37)41-43(31,32)33/h3-4,6,10,14-16,28H,5,7-9,21H2,(H,34,35)(H,36,37)(H2,22,24,25)(H2,31,32,33)/t14-,15-,16-/m1/s1. The fraction of sp³-hybridized carbons (Fsp3) is 0.350. The lowest BCUT2D eigenvalue weighted by Gasteiger charge is -2.19. The number of phosphoric acid groups is 3. The van der Waals surface area contributed by atoms with Crippen LogP contribution in [0.4, 0.5) is 11.6 Å². The monoisotopic (exact) mass is 695 g/mol. The number of nitro groups is 1. The Bertz CT molecular complexity index is 1800. The molecule has 25 heteroatoms. The molecule has 1 aromatic carbocycles. The zero-order valence-electron chi connectivity index (χ0n) is 22.4. The van der Waals surface area contributed by atoms with Crippen LogP contribution in [0.15, 0.2) is 24.5 Å². The maximum atomic E-state index is 12.0. The fourth-order valence-corrected chi connectivity index (χ4v) is 6.99. The molecule has 0 amide bonds. The lowest BCUT2D eigenvalue weighted by Crippen LogP contribution is -2.26. The van der Waals surface area contributed by atoms with E-state index in [2.05, 4.69) is 39.9 Å². The summed E-state index contributed by atoms with van der Waals surface area (Å²) in [6.07, 6.45) is -2.61. The second kappa shape index (κ2) is 13.5. The maximum Gasteiger partial charge on any atom is 0.490 e. The number of fused-ring (bicyclic) bond motifs is 1. The van der Waals surface area contributed by atoms with E-state index >= 15 is 0 Å².